The van der Waals surface area contributed by atoms with Crippen LogP contribution in [0.4, 0.5) is 17.6 Å². The van der Waals surface area contributed by atoms with Crippen LogP contribution in [0.15, 0.2) is 12.3 Å². The number of alkyl halides is 3. The number of nitrogens with zero attached hydrogens (tertiary/aromatic N) is 1. The van der Waals surface area contributed by atoms with Gasteiger partial charge in [0.05, 0.1) is 13.5 Å². The number of hydrogen-bond acceptors (Lipinski definition) is 7. The Morgan fingerprint density at radius 3 is 2.29 bits per heavy atom. The molecule has 8 nitrogen and oxygen atoms in total. The molecule has 1 amide bonds. The van der Waals surface area contributed by atoms with Gasteiger partial charge in [0.2, 0.25) is 0 Å². The molecule has 0 atom stereocenters. The number of aliphatic carboxylic acids is 2. The Morgan fingerprint density at radius 2 is 1.79 bits per heavy atom. The van der Waals surface area contributed by atoms with Crippen LogP contribution in [0.2, 0.25) is 0 Å². The van der Waals surface area contributed by atoms with E-state index in [1.807, 2.05) is 0 Å². The van der Waals surface area contributed by atoms with Gasteiger partial charge in [-0.15, -0.1) is 0 Å². The second-order valence-electron chi connectivity index (χ2n) is 4.52. The zero-order valence-corrected chi connectivity index (χ0v) is 15.9. The fraction of sp³-hybridized carbons (Fsp3) is 0.429. The molecule has 3 N–H and O–H groups in total. The molecule has 0 unspecified atom stereocenters. The van der Waals surface area contributed by atoms with Crippen LogP contribution in [0.25, 0.3) is 0 Å². The lowest BCUT2D eigenvalue weighted by atomic mass is 10.3. The Hall–Kier alpha value is -2.22. The van der Waals surface area contributed by atoms with E-state index >= 15 is 0 Å². The highest BCUT2D eigenvalue weighted by Crippen LogP contribution is 2.21. The van der Waals surface area contributed by atoms with Crippen molar-refractivity contribution in [2.45, 2.75) is 12.6 Å². The number of amides is 1. The van der Waals surface area contributed by atoms with Crippen molar-refractivity contribution in [1.29, 1.82) is 0 Å². The van der Waals surface area contributed by atoms with Gasteiger partial charge < -0.3 is 20.3 Å². The summed E-state index contributed by atoms with van der Waals surface area (Å²) in [6.07, 6.45) is -3.68. The van der Waals surface area contributed by atoms with E-state index < -0.39 is 29.8 Å². The molecule has 0 fully saturated rings. The summed E-state index contributed by atoms with van der Waals surface area (Å²) in [6.45, 7) is 0.335. The number of pyridine rings is 1. The SMILES string of the molecule is COc1ccnc(C(=O)NCCSSCCC(=O)O)c1F.O=C(O)C(F)(F)F. The quantitative estimate of drug-likeness (QED) is 0.297. The molecule has 0 aliphatic heterocycles. The molecule has 158 valence electrons. The minimum atomic E-state index is -5.08. The van der Waals surface area contributed by atoms with E-state index in [0.29, 0.717) is 18.1 Å². The summed E-state index contributed by atoms with van der Waals surface area (Å²) < 4.78 is 50.3. The van der Waals surface area contributed by atoms with E-state index in [4.69, 9.17) is 19.7 Å². The fourth-order valence-corrected chi connectivity index (χ4v) is 3.16. The number of halogens is 4. The van der Waals surface area contributed by atoms with E-state index in [-0.39, 0.29) is 17.9 Å². The lowest BCUT2D eigenvalue weighted by Crippen LogP contribution is -2.27. The van der Waals surface area contributed by atoms with Gasteiger partial charge in [0.1, 0.15) is 0 Å². The van der Waals surface area contributed by atoms with Crippen LogP contribution in [-0.4, -0.2) is 64.4 Å². The predicted octanol–water partition coefficient (Wildman–Crippen LogP) is 2.45. The summed E-state index contributed by atoms with van der Waals surface area (Å²) >= 11 is 0. The topological polar surface area (TPSA) is 126 Å². The Labute approximate surface area is 164 Å². The molecule has 1 aromatic rings. The highest BCUT2D eigenvalue weighted by Gasteiger charge is 2.38. The van der Waals surface area contributed by atoms with Gasteiger partial charge in [-0.2, -0.15) is 13.2 Å². The number of carboxylic acids is 2. The van der Waals surface area contributed by atoms with Gasteiger partial charge in [-0.3, -0.25) is 9.59 Å². The molecule has 0 aliphatic carbocycles. The molecule has 0 spiro atoms. The number of methoxy groups -OCH3 is 1. The third-order valence-electron chi connectivity index (χ3n) is 2.48. The van der Waals surface area contributed by atoms with Crippen LogP contribution >= 0.6 is 21.6 Å². The molecule has 0 aromatic carbocycles. The minimum absolute atomic E-state index is 0.0336. The van der Waals surface area contributed by atoms with E-state index in [2.05, 4.69) is 10.3 Å². The molecular formula is C14H16F4N2O6S2. The smallest absolute Gasteiger partial charge is 0.490 e. The Balaban J connectivity index is 0.000000887. The van der Waals surface area contributed by atoms with E-state index in [0.717, 1.165) is 0 Å². The van der Waals surface area contributed by atoms with Crippen LogP contribution in [0.3, 0.4) is 0 Å². The summed E-state index contributed by atoms with van der Waals surface area (Å²) in [6, 6.07) is 1.33. The fourth-order valence-electron chi connectivity index (χ4n) is 1.28. The molecule has 1 aromatic heterocycles. The maximum Gasteiger partial charge on any atom is 0.490 e. The van der Waals surface area contributed by atoms with Crippen molar-refractivity contribution in [2.24, 2.45) is 0 Å². The van der Waals surface area contributed by atoms with Gasteiger partial charge >= 0.3 is 18.1 Å². The number of aromatic nitrogens is 1. The number of hydrogen-bond donors (Lipinski definition) is 3. The van der Waals surface area contributed by atoms with E-state index in [1.165, 1.54) is 41.0 Å². The summed E-state index contributed by atoms with van der Waals surface area (Å²) in [7, 11) is 4.17. The van der Waals surface area contributed by atoms with Crippen molar-refractivity contribution in [3.05, 3.63) is 23.8 Å². The summed E-state index contributed by atoms with van der Waals surface area (Å²) in [5.74, 6) is -3.94. The summed E-state index contributed by atoms with van der Waals surface area (Å²) in [4.78, 5) is 34.6. The molecular weight excluding hydrogens is 432 g/mol. The van der Waals surface area contributed by atoms with Gasteiger partial charge in [-0.1, -0.05) is 21.6 Å². The second kappa shape index (κ2) is 13.0. The first-order valence-corrected chi connectivity index (χ1v) is 9.72. The van der Waals surface area contributed by atoms with Crippen molar-refractivity contribution in [2.75, 3.05) is 25.2 Å². The molecule has 0 aliphatic rings. The van der Waals surface area contributed by atoms with Gasteiger partial charge in [-0.05, 0) is 0 Å². The maximum atomic E-state index is 13.8. The van der Waals surface area contributed by atoms with Crippen LogP contribution in [0.5, 0.6) is 5.75 Å². The number of ether oxygens (including phenoxy) is 1. The van der Waals surface area contributed by atoms with Crippen LogP contribution in [0, 0.1) is 5.82 Å². The molecule has 14 heteroatoms. The molecule has 1 heterocycles. The third-order valence-corrected chi connectivity index (χ3v) is 4.89. The molecule has 0 saturated carbocycles. The van der Waals surface area contributed by atoms with Crippen molar-refractivity contribution in [1.82, 2.24) is 10.3 Å². The van der Waals surface area contributed by atoms with Gasteiger partial charge in [-0.25, -0.2) is 14.2 Å². The average Bonchev–Trinajstić information content (AvgIpc) is 2.60. The van der Waals surface area contributed by atoms with Gasteiger partial charge in [0, 0.05) is 30.3 Å². The molecule has 0 radical (unpaired) electrons. The molecule has 0 saturated heterocycles. The maximum absolute atomic E-state index is 13.8. The summed E-state index contributed by atoms with van der Waals surface area (Å²) in [5.41, 5.74) is -0.308. The van der Waals surface area contributed by atoms with Crippen LogP contribution < -0.4 is 10.1 Å². The monoisotopic (exact) mass is 448 g/mol. The molecule has 0 bridgehead atoms. The number of nitrogens with one attached hydrogen (secondary N) is 1. The van der Waals surface area contributed by atoms with Gasteiger partial charge in [0.15, 0.2) is 17.3 Å². The first kappa shape index (κ1) is 25.8. The summed E-state index contributed by atoms with van der Waals surface area (Å²) in [5, 5.41) is 18.1. The third kappa shape index (κ3) is 10.8. The van der Waals surface area contributed by atoms with Crippen molar-refractivity contribution in [3.8, 4) is 5.75 Å². The average molecular weight is 448 g/mol. The number of carboxylic acid groups (broad SMARTS) is 2. The van der Waals surface area contributed by atoms with Crippen LogP contribution in [0.1, 0.15) is 16.9 Å². The zero-order chi connectivity index (χ0) is 21.7. The molecule has 1 rings (SSSR count). The number of carbonyl (C=O) groups excluding carboxylic acids is 1. The minimum Gasteiger partial charge on any atom is -0.494 e. The highest BCUT2D eigenvalue weighted by molar-refractivity contribution is 8.76. The van der Waals surface area contributed by atoms with Crippen molar-refractivity contribution < 1.29 is 46.9 Å². The van der Waals surface area contributed by atoms with Crippen molar-refractivity contribution in [3.63, 3.8) is 0 Å². The van der Waals surface area contributed by atoms with E-state index in [1.54, 1.807) is 0 Å². The highest BCUT2D eigenvalue weighted by atomic mass is 33.1. The predicted molar refractivity (Wildman–Crippen MR) is 93.9 cm³/mol. The normalized spacial score (nSPS) is 10.5. The number of carbonyl (C=O) groups is 3. The number of rotatable bonds is 9. The zero-order valence-electron chi connectivity index (χ0n) is 14.3. The Morgan fingerprint density at radius 1 is 1.21 bits per heavy atom. The lowest BCUT2D eigenvalue weighted by Gasteiger charge is -2.07. The van der Waals surface area contributed by atoms with Crippen molar-refractivity contribution >= 4 is 39.4 Å². The van der Waals surface area contributed by atoms with E-state index in [9.17, 15) is 27.2 Å². The standard InChI is InChI=1S/C12H15FN2O4S2.C2HF3O2/c1-19-8-2-4-14-11(10(8)13)12(18)15-5-7-21-20-6-3-9(16)17;3-2(4,5)1(6)7/h2,4H,3,5-7H2,1H3,(H,15,18)(H,16,17);(H,6,7). The first-order valence-electron chi connectivity index (χ1n) is 7.23. The largest absolute Gasteiger partial charge is 0.494 e. The molecule has 28 heavy (non-hydrogen) atoms. The lowest BCUT2D eigenvalue weighted by molar-refractivity contribution is -0.192. The van der Waals surface area contributed by atoms with Gasteiger partial charge in [0.25, 0.3) is 5.91 Å². The Kier molecular flexibility index (Phi) is 12.0. The Bertz CT molecular complexity index is 676. The second-order valence-corrected chi connectivity index (χ2v) is 7.22. The van der Waals surface area contributed by atoms with Crippen LogP contribution in [-0.2, 0) is 9.59 Å². The first-order chi connectivity index (χ1) is 13.0.